The molecular formula is C30H38O4. The molecule has 1 aliphatic carbocycles. The molecule has 2 saturated heterocycles. The highest BCUT2D eigenvalue weighted by atomic mass is 16.6. The molecule has 4 unspecified atom stereocenters. The largest absolute Gasteiger partial charge is 0.491 e. The Kier molecular flexibility index (Phi) is 7.56. The lowest BCUT2D eigenvalue weighted by atomic mass is 9.81. The molecule has 4 heteroatoms. The molecule has 2 aromatic carbocycles. The van der Waals surface area contributed by atoms with E-state index >= 15 is 0 Å². The molecule has 5 rings (SSSR count). The van der Waals surface area contributed by atoms with Crippen LogP contribution in [0, 0.1) is 0 Å². The lowest BCUT2D eigenvalue weighted by molar-refractivity contribution is 0.259. The molecule has 0 bridgehead atoms. The van der Waals surface area contributed by atoms with E-state index in [9.17, 15) is 0 Å². The summed E-state index contributed by atoms with van der Waals surface area (Å²) in [6, 6.07) is 15.5. The molecule has 2 aromatic rings. The maximum Gasteiger partial charge on any atom is 0.122 e. The highest BCUT2D eigenvalue weighted by Crippen LogP contribution is 2.40. The van der Waals surface area contributed by atoms with Crippen LogP contribution in [0.4, 0.5) is 0 Å². The Hall–Kier alpha value is -2.30. The number of epoxide rings is 2. The summed E-state index contributed by atoms with van der Waals surface area (Å²) in [5, 5.41) is 0. The van der Waals surface area contributed by atoms with E-state index < -0.39 is 0 Å². The fraction of sp³-hybridized carbons (Fsp3) is 0.533. The van der Waals surface area contributed by atoms with Gasteiger partial charge in [0.25, 0.3) is 0 Å². The number of allylic oxidation sites excluding steroid dienone is 2. The minimum Gasteiger partial charge on any atom is -0.491 e. The Morgan fingerprint density at radius 1 is 0.941 bits per heavy atom. The van der Waals surface area contributed by atoms with Crippen LogP contribution in [0.2, 0.25) is 0 Å². The Morgan fingerprint density at radius 2 is 1.68 bits per heavy atom. The molecule has 2 fully saturated rings. The quantitative estimate of drug-likeness (QED) is 0.322. The van der Waals surface area contributed by atoms with Crippen LogP contribution in [-0.2, 0) is 9.47 Å². The van der Waals surface area contributed by atoms with Gasteiger partial charge in [0.2, 0.25) is 0 Å². The number of rotatable bonds is 12. The van der Waals surface area contributed by atoms with Gasteiger partial charge < -0.3 is 18.9 Å². The Balaban J connectivity index is 1.26. The van der Waals surface area contributed by atoms with Crippen LogP contribution in [0.25, 0.3) is 5.57 Å². The van der Waals surface area contributed by atoms with Crippen LogP contribution in [0.5, 0.6) is 11.5 Å². The van der Waals surface area contributed by atoms with Gasteiger partial charge in [-0.25, -0.2) is 0 Å². The molecule has 4 atom stereocenters. The average molecular weight is 463 g/mol. The molecule has 0 radical (unpaired) electrons. The molecule has 0 N–H and O–H groups in total. The van der Waals surface area contributed by atoms with Crippen LogP contribution in [0.3, 0.4) is 0 Å². The SMILES string of the molecule is CCCC(CC)c1cc(C2=CCC(c3ccc(OCC4CO4)cc3)CC2)ccc1OCC1CO1. The van der Waals surface area contributed by atoms with Gasteiger partial charge in [-0.15, -0.1) is 0 Å². The molecule has 34 heavy (non-hydrogen) atoms. The third kappa shape index (κ3) is 6.03. The smallest absolute Gasteiger partial charge is 0.122 e. The van der Waals surface area contributed by atoms with Gasteiger partial charge in [0.1, 0.15) is 36.9 Å². The third-order valence-electron chi connectivity index (χ3n) is 7.38. The van der Waals surface area contributed by atoms with Crippen molar-refractivity contribution >= 4 is 5.57 Å². The van der Waals surface area contributed by atoms with Crippen LogP contribution < -0.4 is 9.47 Å². The van der Waals surface area contributed by atoms with E-state index in [1.54, 1.807) is 0 Å². The molecule has 0 saturated carbocycles. The summed E-state index contributed by atoms with van der Waals surface area (Å²) < 4.78 is 22.6. The lowest BCUT2D eigenvalue weighted by Crippen LogP contribution is -2.09. The lowest BCUT2D eigenvalue weighted by Gasteiger charge is -2.25. The summed E-state index contributed by atoms with van der Waals surface area (Å²) in [7, 11) is 0. The van der Waals surface area contributed by atoms with E-state index in [2.05, 4.69) is 62.4 Å². The van der Waals surface area contributed by atoms with E-state index in [0.717, 1.165) is 44.0 Å². The number of benzene rings is 2. The van der Waals surface area contributed by atoms with Crippen LogP contribution >= 0.6 is 0 Å². The molecular weight excluding hydrogens is 424 g/mol. The standard InChI is InChI=1S/C30H38O4/c1-3-5-21(4-2)29-16-25(12-15-30(29)34-20-28-19-33-28)24-8-6-22(7-9-24)23-10-13-26(14-11-23)31-17-27-18-32-27/h8,10-16,21-22,27-28H,3-7,9,17-20H2,1-2H3. The van der Waals surface area contributed by atoms with Crippen molar-refractivity contribution in [1.82, 2.24) is 0 Å². The van der Waals surface area contributed by atoms with Crippen molar-refractivity contribution in [3.8, 4) is 11.5 Å². The molecule has 2 heterocycles. The molecule has 0 aromatic heterocycles. The first kappa shape index (κ1) is 23.4. The van der Waals surface area contributed by atoms with Gasteiger partial charge in [-0.05, 0) is 90.5 Å². The second-order valence-electron chi connectivity index (χ2n) is 9.95. The van der Waals surface area contributed by atoms with E-state index in [-0.39, 0.29) is 6.10 Å². The summed E-state index contributed by atoms with van der Waals surface area (Å²) in [5.74, 6) is 3.11. The highest BCUT2D eigenvalue weighted by Gasteiger charge is 2.25. The Bertz CT molecular complexity index is 972. The van der Waals surface area contributed by atoms with E-state index in [0.29, 0.717) is 31.2 Å². The topological polar surface area (TPSA) is 43.5 Å². The zero-order valence-corrected chi connectivity index (χ0v) is 20.6. The van der Waals surface area contributed by atoms with Gasteiger partial charge in [-0.1, -0.05) is 44.5 Å². The predicted octanol–water partition coefficient (Wildman–Crippen LogP) is 6.89. The van der Waals surface area contributed by atoms with Crippen LogP contribution in [0.15, 0.2) is 48.5 Å². The second kappa shape index (κ2) is 11.0. The maximum atomic E-state index is 6.19. The van der Waals surface area contributed by atoms with Gasteiger partial charge in [0, 0.05) is 0 Å². The van der Waals surface area contributed by atoms with E-state index in [1.165, 1.54) is 41.5 Å². The first-order valence-corrected chi connectivity index (χ1v) is 13.2. The van der Waals surface area contributed by atoms with Crippen molar-refractivity contribution in [2.45, 2.75) is 76.4 Å². The molecule has 182 valence electrons. The molecule has 0 amide bonds. The first-order chi connectivity index (χ1) is 16.7. The fourth-order valence-electron chi connectivity index (χ4n) is 5.06. The summed E-state index contributed by atoms with van der Waals surface area (Å²) in [5.41, 5.74) is 5.62. The zero-order chi connectivity index (χ0) is 23.3. The minimum absolute atomic E-state index is 0.282. The molecule has 0 spiro atoms. The first-order valence-electron chi connectivity index (χ1n) is 13.2. The summed E-state index contributed by atoms with van der Waals surface area (Å²) in [6.07, 6.45) is 9.95. The number of hydrogen-bond donors (Lipinski definition) is 0. The van der Waals surface area contributed by atoms with Gasteiger partial charge in [0.15, 0.2) is 0 Å². The van der Waals surface area contributed by atoms with Gasteiger partial charge in [0.05, 0.1) is 13.2 Å². The van der Waals surface area contributed by atoms with Gasteiger partial charge >= 0.3 is 0 Å². The van der Waals surface area contributed by atoms with Crippen molar-refractivity contribution in [3.05, 3.63) is 65.2 Å². The number of hydrogen-bond acceptors (Lipinski definition) is 4. The highest BCUT2D eigenvalue weighted by molar-refractivity contribution is 5.68. The van der Waals surface area contributed by atoms with Gasteiger partial charge in [-0.3, -0.25) is 0 Å². The minimum atomic E-state index is 0.282. The maximum absolute atomic E-state index is 6.19. The normalized spacial score (nSPS) is 24.3. The van der Waals surface area contributed by atoms with Crippen molar-refractivity contribution in [2.75, 3.05) is 26.4 Å². The molecule has 4 nitrogen and oxygen atoms in total. The monoisotopic (exact) mass is 462 g/mol. The van der Waals surface area contributed by atoms with E-state index in [4.69, 9.17) is 18.9 Å². The predicted molar refractivity (Wildman–Crippen MR) is 136 cm³/mol. The molecule has 2 aliphatic heterocycles. The summed E-state index contributed by atoms with van der Waals surface area (Å²) in [4.78, 5) is 0. The second-order valence-corrected chi connectivity index (χ2v) is 9.95. The van der Waals surface area contributed by atoms with Crippen molar-refractivity contribution in [3.63, 3.8) is 0 Å². The third-order valence-corrected chi connectivity index (χ3v) is 7.38. The fourth-order valence-corrected chi connectivity index (χ4v) is 5.06. The van der Waals surface area contributed by atoms with Crippen LogP contribution in [0.1, 0.15) is 80.9 Å². The Labute approximate surface area is 204 Å². The van der Waals surface area contributed by atoms with Crippen molar-refractivity contribution < 1.29 is 18.9 Å². The summed E-state index contributed by atoms with van der Waals surface area (Å²) in [6.45, 7) is 7.55. The average Bonchev–Trinajstić information content (AvgIpc) is 3.81. The van der Waals surface area contributed by atoms with Crippen molar-refractivity contribution in [2.24, 2.45) is 0 Å². The summed E-state index contributed by atoms with van der Waals surface area (Å²) >= 11 is 0. The van der Waals surface area contributed by atoms with E-state index in [1.807, 2.05) is 0 Å². The van der Waals surface area contributed by atoms with Crippen LogP contribution in [-0.4, -0.2) is 38.6 Å². The van der Waals surface area contributed by atoms with Crippen molar-refractivity contribution in [1.29, 1.82) is 0 Å². The van der Waals surface area contributed by atoms with Gasteiger partial charge in [-0.2, -0.15) is 0 Å². The Morgan fingerprint density at radius 3 is 2.29 bits per heavy atom. The number of ether oxygens (including phenoxy) is 4. The molecule has 3 aliphatic rings. The zero-order valence-electron chi connectivity index (χ0n) is 20.6.